The van der Waals surface area contributed by atoms with Gasteiger partial charge in [0.05, 0.1) is 25.6 Å². The third-order valence-electron chi connectivity index (χ3n) is 7.09. The van der Waals surface area contributed by atoms with E-state index < -0.39 is 0 Å². The number of carbonyl (C=O) groups is 1. The van der Waals surface area contributed by atoms with Crippen molar-refractivity contribution in [3.05, 3.63) is 48.5 Å². The van der Waals surface area contributed by atoms with Crippen molar-refractivity contribution in [3.63, 3.8) is 0 Å². The van der Waals surface area contributed by atoms with Crippen LogP contribution in [0.3, 0.4) is 0 Å². The molecule has 1 aromatic heterocycles. The van der Waals surface area contributed by atoms with E-state index in [1.165, 1.54) is 57.8 Å². The molecular weight excluding hydrogens is 518 g/mol. The number of nitrogens with one attached hydrogen (secondary N) is 2. The zero-order valence-electron chi connectivity index (χ0n) is 24.6. The van der Waals surface area contributed by atoms with Gasteiger partial charge in [-0.2, -0.15) is 0 Å². The number of benzene rings is 2. The number of aromatic nitrogens is 2. The molecule has 3 rings (SSSR count). The van der Waals surface area contributed by atoms with E-state index in [0.717, 1.165) is 57.8 Å². The molecule has 0 fully saturated rings. The first-order valence-electron chi connectivity index (χ1n) is 14.9. The number of rotatable bonds is 20. The summed E-state index contributed by atoms with van der Waals surface area (Å²) >= 11 is 1.62. The van der Waals surface area contributed by atoms with Gasteiger partial charge in [0.25, 0.3) is 0 Å². The lowest BCUT2D eigenvalue weighted by molar-refractivity contribution is -0.121. The zero-order chi connectivity index (χ0) is 28.4. The molecular formula is C33H47N3O3S. The summed E-state index contributed by atoms with van der Waals surface area (Å²) in [6.07, 6.45) is 14.8. The molecule has 6 nitrogen and oxygen atoms in total. The molecule has 7 heteroatoms. The maximum Gasteiger partial charge on any atom is 0.220 e. The molecule has 0 aliphatic carbocycles. The predicted octanol–water partition coefficient (Wildman–Crippen LogP) is 8.67. The molecule has 0 spiro atoms. The Morgan fingerprint density at radius 3 is 1.85 bits per heavy atom. The lowest BCUT2D eigenvalue weighted by Crippen LogP contribution is -2.25. The number of ether oxygens (including phenoxy) is 2. The number of methoxy groups -OCH3 is 2. The number of hydrogen-bond acceptors (Lipinski definition) is 5. The summed E-state index contributed by atoms with van der Waals surface area (Å²) in [6, 6.07) is 15.9. The van der Waals surface area contributed by atoms with Gasteiger partial charge in [0.15, 0.2) is 5.16 Å². The van der Waals surface area contributed by atoms with Crippen LogP contribution >= 0.6 is 11.8 Å². The SMILES string of the molecule is CCCCCCCCCCCCCC(=O)NCCSc1nc(-c2ccc(OC)cc2)c(-c2ccc(OC)cc2)[nH]1. The number of amides is 1. The van der Waals surface area contributed by atoms with Gasteiger partial charge in [0.2, 0.25) is 5.91 Å². The highest BCUT2D eigenvalue weighted by molar-refractivity contribution is 7.99. The van der Waals surface area contributed by atoms with Crippen molar-refractivity contribution in [1.82, 2.24) is 15.3 Å². The number of unbranched alkanes of at least 4 members (excludes halogenated alkanes) is 10. The van der Waals surface area contributed by atoms with Crippen LogP contribution in [0, 0.1) is 0 Å². The third kappa shape index (κ3) is 10.9. The standard InChI is InChI=1S/C33H47N3O3S/c1-4-5-6-7-8-9-10-11-12-13-14-15-30(37)34-24-25-40-33-35-31(26-16-20-28(38-2)21-17-26)32(36-33)27-18-22-29(39-3)23-19-27/h16-23H,4-15,24-25H2,1-3H3,(H,34,37)(H,35,36). The van der Waals surface area contributed by atoms with Gasteiger partial charge in [-0.05, 0) is 55.0 Å². The third-order valence-corrected chi connectivity index (χ3v) is 7.97. The Hall–Kier alpha value is -2.93. The number of nitrogens with zero attached hydrogens (tertiary/aromatic N) is 1. The summed E-state index contributed by atoms with van der Waals surface area (Å²) in [6.45, 7) is 2.89. The largest absolute Gasteiger partial charge is 0.497 e. The second-order valence-electron chi connectivity index (χ2n) is 10.2. The molecule has 2 N–H and O–H groups in total. The fraction of sp³-hybridized carbons (Fsp3) is 0.515. The van der Waals surface area contributed by atoms with Gasteiger partial charge in [0, 0.05) is 29.8 Å². The summed E-state index contributed by atoms with van der Waals surface area (Å²) in [5.41, 5.74) is 3.88. The highest BCUT2D eigenvalue weighted by Gasteiger charge is 2.15. The van der Waals surface area contributed by atoms with E-state index >= 15 is 0 Å². The summed E-state index contributed by atoms with van der Waals surface area (Å²) in [4.78, 5) is 20.7. The van der Waals surface area contributed by atoms with Crippen molar-refractivity contribution >= 4 is 17.7 Å². The normalized spacial score (nSPS) is 11.0. The summed E-state index contributed by atoms with van der Waals surface area (Å²) in [7, 11) is 3.33. The Morgan fingerprint density at radius 2 is 1.30 bits per heavy atom. The molecule has 40 heavy (non-hydrogen) atoms. The van der Waals surface area contributed by atoms with Crippen LogP contribution in [0.25, 0.3) is 22.5 Å². The van der Waals surface area contributed by atoms with E-state index in [1.54, 1.807) is 26.0 Å². The molecule has 0 atom stereocenters. The predicted molar refractivity (Wildman–Crippen MR) is 167 cm³/mol. The number of aromatic amines is 1. The average Bonchev–Trinajstić information content (AvgIpc) is 3.42. The van der Waals surface area contributed by atoms with Crippen molar-refractivity contribution in [1.29, 1.82) is 0 Å². The molecule has 2 aromatic carbocycles. The quantitative estimate of drug-likeness (QED) is 0.106. The van der Waals surface area contributed by atoms with E-state index in [0.29, 0.717) is 13.0 Å². The monoisotopic (exact) mass is 565 g/mol. The van der Waals surface area contributed by atoms with Gasteiger partial charge >= 0.3 is 0 Å². The van der Waals surface area contributed by atoms with Gasteiger partial charge in [-0.3, -0.25) is 4.79 Å². The summed E-state index contributed by atoms with van der Waals surface area (Å²) in [5.74, 6) is 2.52. The van der Waals surface area contributed by atoms with Crippen LogP contribution in [-0.2, 0) is 4.79 Å². The van der Waals surface area contributed by atoms with Crippen LogP contribution in [0.15, 0.2) is 53.7 Å². The molecule has 0 bridgehead atoms. The number of H-pyrrole nitrogens is 1. The van der Waals surface area contributed by atoms with Gasteiger partial charge < -0.3 is 19.8 Å². The van der Waals surface area contributed by atoms with Crippen LogP contribution in [0.5, 0.6) is 11.5 Å². The summed E-state index contributed by atoms with van der Waals surface area (Å²) in [5, 5.41) is 3.90. The molecule has 218 valence electrons. The lowest BCUT2D eigenvalue weighted by Gasteiger charge is -2.06. The molecule has 1 amide bonds. The van der Waals surface area contributed by atoms with Gasteiger partial charge in [-0.1, -0.05) is 82.9 Å². The Bertz CT molecular complexity index is 1050. The Kier molecular flexibility index (Phi) is 14.6. The minimum absolute atomic E-state index is 0.147. The summed E-state index contributed by atoms with van der Waals surface area (Å²) < 4.78 is 10.6. The highest BCUT2D eigenvalue weighted by Crippen LogP contribution is 2.34. The van der Waals surface area contributed by atoms with Crippen molar-refractivity contribution < 1.29 is 14.3 Å². The average molecular weight is 566 g/mol. The van der Waals surface area contributed by atoms with E-state index in [9.17, 15) is 4.79 Å². The molecule has 0 saturated carbocycles. The minimum atomic E-state index is 0.147. The fourth-order valence-corrected chi connectivity index (χ4v) is 5.45. The first-order chi connectivity index (χ1) is 19.6. The molecule has 0 unspecified atom stereocenters. The zero-order valence-corrected chi connectivity index (χ0v) is 25.4. The smallest absolute Gasteiger partial charge is 0.220 e. The second-order valence-corrected chi connectivity index (χ2v) is 11.3. The number of imidazole rings is 1. The molecule has 3 aromatic rings. The van der Waals surface area contributed by atoms with Crippen LogP contribution in [-0.4, -0.2) is 42.4 Å². The molecule has 1 heterocycles. The number of hydrogen-bond donors (Lipinski definition) is 2. The van der Waals surface area contributed by atoms with E-state index in [1.807, 2.05) is 48.5 Å². The maximum absolute atomic E-state index is 12.3. The Morgan fingerprint density at radius 1 is 0.775 bits per heavy atom. The minimum Gasteiger partial charge on any atom is -0.497 e. The first kappa shape index (κ1) is 31.6. The number of carbonyl (C=O) groups excluding carboxylic acids is 1. The molecule has 0 saturated heterocycles. The molecule has 0 radical (unpaired) electrons. The lowest BCUT2D eigenvalue weighted by atomic mass is 10.0. The first-order valence-corrected chi connectivity index (χ1v) is 15.9. The highest BCUT2D eigenvalue weighted by atomic mass is 32.2. The fourth-order valence-electron chi connectivity index (χ4n) is 4.72. The van der Waals surface area contributed by atoms with Crippen molar-refractivity contribution in [2.45, 2.75) is 89.1 Å². The number of thioether (sulfide) groups is 1. The van der Waals surface area contributed by atoms with Gasteiger partial charge in [-0.25, -0.2) is 4.98 Å². The van der Waals surface area contributed by atoms with Gasteiger partial charge in [-0.15, -0.1) is 0 Å². The Balaban J connectivity index is 1.40. The van der Waals surface area contributed by atoms with E-state index in [2.05, 4.69) is 17.2 Å². The Labute approximate surface area is 245 Å². The van der Waals surface area contributed by atoms with E-state index in [-0.39, 0.29) is 5.91 Å². The van der Waals surface area contributed by atoms with Crippen LogP contribution in [0.4, 0.5) is 0 Å². The van der Waals surface area contributed by atoms with Crippen LogP contribution < -0.4 is 14.8 Å². The van der Waals surface area contributed by atoms with Crippen LogP contribution in [0.1, 0.15) is 84.0 Å². The van der Waals surface area contributed by atoms with Gasteiger partial charge in [0.1, 0.15) is 11.5 Å². The molecule has 0 aliphatic rings. The second kappa shape index (κ2) is 18.4. The maximum atomic E-state index is 12.3. The topological polar surface area (TPSA) is 76.2 Å². The van der Waals surface area contributed by atoms with Crippen molar-refractivity contribution in [3.8, 4) is 34.0 Å². The van der Waals surface area contributed by atoms with Crippen molar-refractivity contribution in [2.75, 3.05) is 26.5 Å². The van der Waals surface area contributed by atoms with Crippen LogP contribution in [0.2, 0.25) is 0 Å². The molecule has 0 aliphatic heterocycles. The van der Waals surface area contributed by atoms with Crippen molar-refractivity contribution in [2.24, 2.45) is 0 Å². The van der Waals surface area contributed by atoms with E-state index in [4.69, 9.17) is 14.5 Å².